The summed E-state index contributed by atoms with van der Waals surface area (Å²) in [6.07, 6.45) is -2.86. The molecule has 0 aliphatic carbocycles. The minimum absolute atomic E-state index is 0.0156. The minimum Gasteiger partial charge on any atom is -0.484 e. The zero-order chi connectivity index (χ0) is 23.3. The van der Waals surface area contributed by atoms with Crippen LogP contribution in [0.15, 0.2) is 42.6 Å². The van der Waals surface area contributed by atoms with Gasteiger partial charge in [-0.25, -0.2) is 9.37 Å². The smallest absolute Gasteiger partial charge is 0.422 e. The number of benzene rings is 1. The highest BCUT2D eigenvalue weighted by Crippen LogP contribution is 2.23. The maximum Gasteiger partial charge on any atom is 0.422 e. The molecule has 1 N–H and O–H groups in total. The van der Waals surface area contributed by atoms with Gasteiger partial charge in [0.05, 0.1) is 18.7 Å². The first-order valence-electron chi connectivity index (χ1n) is 9.31. The van der Waals surface area contributed by atoms with Gasteiger partial charge in [-0.05, 0) is 36.2 Å². The Bertz CT molecular complexity index is 1170. The molecule has 3 rings (SSSR count). The number of carbonyl (C=O) groups excluding carboxylic acids is 1. The number of nitriles is 1. The summed E-state index contributed by atoms with van der Waals surface area (Å²) in [6, 6.07) is 10.3. The predicted octanol–water partition coefficient (Wildman–Crippen LogP) is 3.77. The number of amides is 1. The Labute approximate surface area is 180 Å². The van der Waals surface area contributed by atoms with Crippen LogP contribution < -0.4 is 10.1 Å². The summed E-state index contributed by atoms with van der Waals surface area (Å²) in [4.78, 5) is 16.2. The van der Waals surface area contributed by atoms with E-state index in [9.17, 15) is 22.4 Å². The van der Waals surface area contributed by atoms with E-state index >= 15 is 0 Å². The van der Waals surface area contributed by atoms with Crippen LogP contribution in [0.1, 0.15) is 22.5 Å². The van der Waals surface area contributed by atoms with Crippen LogP contribution in [0.2, 0.25) is 0 Å². The van der Waals surface area contributed by atoms with Gasteiger partial charge in [-0.3, -0.25) is 9.48 Å². The van der Waals surface area contributed by atoms with Crippen molar-refractivity contribution in [1.82, 2.24) is 14.8 Å². The molecule has 1 aromatic carbocycles. The highest BCUT2D eigenvalue weighted by Gasteiger charge is 2.28. The van der Waals surface area contributed by atoms with Crippen LogP contribution >= 0.6 is 0 Å². The lowest BCUT2D eigenvalue weighted by Crippen LogP contribution is -2.19. The standard InChI is InChI=1S/C21H17F4N5O2/c1-13-8-14(2-5-18(13)32-12-21(23,24)25)9-20(31)28-19-6-7-30(29-19)11-15-3-4-16(22)17(10-26)27-15/h2-8H,9,11-12H2,1H3,(H,28,29,31). The molecule has 32 heavy (non-hydrogen) atoms. The molecule has 0 fully saturated rings. The fourth-order valence-corrected chi connectivity index (χ4v) is 2.85. The molecular formula is C21H17F4N5O2. The average molecular weight is 447 g/mol. The average Bonchev–Trinajstić information content (AvgIpc) is 3.14. The van der Waals surface area contributed by atoms with Crippen LogP contribution in [0.4, 0.5) is 23.4 Å². The van der Waals surface area contributed by atoms with Crippen LogP contribution in [-0.4, -0.2) is 33.5 Å². The Hall–Kier alpha value is -3.94. The molecule has 0 aliphatic heterocycles. The number of nitrogens with zero attached hydrogens (tertiary/aromatic N) is 4. The number of aryl methyl sites for hydroxylation is 1. The van der Waals surface area contributed by atoms with Gasteiger partial charge in [-0.1, -0.05) is 12.1 Å². The first-order valence-corrected chi connectivity index (χ1v) is 9.31. The van der Waals surface area contributed by atoms with Crippen molar-refractivity contribution in [3.8, 4) is 11.8 Å². The molecule has 0 spiro atoms. The van der Waals surface area contributed by atoms with E-state index in [0.717, 1.165) is 6.07 Å². The van der Waals surface area contributed by atoms with Crippen molar-refractivity contribution in [2.75, 3.05) is 11.9 Å². The van der Waals surface area contributed by atoms with Crippen molar-refractivity contribution in [3.05, 3.63) is 70.9 Å². The summed E-state index contributed by atoms with van der Waals surface area (Å²) in [5.41, 5.74) is 1.19. The molecule has 0 aliphatic rings. The molecule has 166 valence electrons. The van der Waals surface area contributed by atoms with Gasteiger partial charge in [0.25, 0.3) is 0 Å². The van der Waals surface area contributed by atoms with E-state index in [1.54, 1.807) is 31.3 Å². The van der Waals surface area contributed by atoms with E-state index in [-0.39, 0.29) is 36.1 Å². The molecular weight excluding hydrogens is 430 g/mol. The molecule has 11 heteroatoms. The lowest BCUT2D eigenvalue weighted by Gasteiger charge is -2.12. The van der Waals surface area contributed by atoms with E-state index in [1.807, 2.05) is 0 Å². The van der Waals surface area contributed by atoms with Gasteiger partial charge in [0.15, 0.2) is 23.9 Å². The number of hydrogen-bond acceptors (Lipinski definition) is 5. The highest BCUT2D eigenvalue weighted by atomic mass is 19.4. The minimum atomic E-state index is -4.43. The highest BCUT2D eigenvalue weighted by molar-refractivity contribution is 5.91. The van der Waals surface area contributed by atoms with Gasteiger partial charge in [-0.2, -0.15) is 23.5 Å². The van der Waals surface area contributed by atoms with Gasteiger partial charge in [0.2, 0.25) is 5.91 Å². The van der Waals surface area contributed by atoms with Crippen LogP contribution in [0, 0.1) is 24.1 Å². The number of pyridine rings is 1. The van der Waals surface area contributed by atoms with E-state index in [2.05, 4.69) is 15.4 Å². The fraction of sp³-hybridized carbons (Fsp3) is 0.238. The number of hydrogen-bond donors (Lipinski definition) is 1. The monoisotopic (exact) mass is 447 g/mol. The quantitative estimate of drug-likeness (QED) is 0.557. The van der Waals surface area contributed by atoms with Gasteiger partial charge < -0.3 is 10.1 Å². The molecule has 3 aromatic rings. The predicted molar refractivity (Wildman–Crippen MR) is 105 cm³/mol. The Morgan fingerprint density at radius 1 is 1.25 bits per heavy atom. The number of alkyl halides is 3. The lowest BCUT2D eigenvalue weighted by atomic mass is 10.1. The number of carbonyl (C=O) groups is 1. The van der Waals surface area contributed by atoms with Crippen LogP contribution in [0.3, 0.4) is 0 Å². The Balaban J connectivity index is 1.57. The third kappa shape index (κ3) is 6.28. The molecule has 0 unspecified atom stereocenters. The SMILES string of the molecule is Cc1cc(CC(=O)Nc2ccn(Cc3ccc(F)c(C#N)n3)n2)ccc1OCC(F)(F)F. The van der Waals surface area contributed by atoms with E-state index in [0.29, 0.717) is 16.8 Å². The molecule has 2 heterocycles. The van der Waals surface area contributed by atoms with Crippen molar-refractivity contribution in [2.24, 2.45) is 0 Å². The number of aromatic nitrogens is 3. The van der Waals surface area contributed by atoms with Crippen molar-refractivity contribution in [1.29, 1.82) is 5.26 Å². The summed E-state index contributed by atoms with van der Waals surface area (Å²) >= 11 is 0. The maximum absolute atomic E-state index is 13.4. The molecule has 0 atom stereocenters. The largest absolute Gasteiger partial charge is 0.484 e. The molecule has 2 aromatic heterocycles. The number of rotatable bonds is 7. The van der Waals surface area contributed by atoms with Gasteiger partial charge in [0.1, 0.15) is 11.8 Å². The zero-order valence-electron chi connectivity index (χ0n) is 16.8. The normalized spacial score (nSPS) is 11.1. The maximum atomic E-state index is 13.4. The number of nitrogens with one attached hydrogen (secondary N) is 1. The van der Waals surface area contributed by atoms with Crippen molar-refractivity contribution in [3.63, 3.8) is 0 Å². The molecule has 0 saturated carbocycles. The summed E-state index contributed by atoms with van der Waals surface area (Å²) in [5, 5.41) is 15.7. The Kier molecular flexibility index (Phi) is 6.73. The molecule has 0 radical (unpaired) electrons. The lowest BCUT2D eigenvalue weighted by molar-refractivity contribution is -0.153. The van der Waals surface area contributed by atoms with Gasteiger partial charge in [0, 0.05) is 12.3 Å². The Morgan fingerprint density at radius 2 is 2.03 bits per heavy atom. The second-order valence-corrected chi connectivity index (χ2v) is 6.87. The molecule has 0 bridgehead atoms. The Morgan fingerprint density at radius 3 is 2.72 bits per heavy atom. The summed E-state index contributed by atoms with van der Waals surface area (Å²) in [7, 11) is 0. The molecule has 7 nitrogen and oxygen atoms in total. The third-order valence-electron chi connectivity index (χ3n) is 4.24. The topological polar surface area (TPSA) is 92.8 Å². The second kappa shape index (κ2) is 9.47. The third-order valence-corrected chi connectivity index (χ3v) is 4.24. The van der Waals surface area contributed by atoms with E-state index in [4.69, 9.17) is 10.00 Å². The second-order valence-electron chi connectivity index (χ2n) is 6.87. The van der Waals surface area contributed by atoms with E-state index in [1.165, 1.54) is 22.9 Å². The van der Waals surface area contributed by atoms with Crippen LogP contribution in [0.25, 0.3) is 0 Å². The summed E-state index contributed by atoms with van der Waals surface area (Å²) in [6.45, 7) is 0.376. The van der Waals surface area contributed by atoms with Crippen LogP contribution in [-0.2, 0) is 17.8 Å². The summed E-state index contributed by atoms with van der Waals surface area (Å²) in [5.74, 6) is -0.705. The van der Waals surface area contributed by atoms with Crippen molar-refractivity contribution in [2.45, 2.75) is 26.1 Å². The van der Waals surface area contributed by atoms with Gasteiger partial charge in [-0.15, -0.1) is 0 Å². The molecule has 1 amide bonds. The summed E-state index contributed by atoms with van der Waals surface area (Å²) < 4.78 is 56.4. The first-order chi connectivity index (χ1) is 15.1. The first kappa shape index (κ1) is 22.7. The van der Waals surface area contributed by atoms with Crippen molar-refractivity contribution >= 4 is 11.7 Å². The van der Waals surface area contributed by atoms with Crippen molar-refractivity contribution < 1.29 is 27.1 Å². The fourth-order valence-electron chi connectivity index (χ4n) is 2.85. The van der Waals surface area contributed by atoms with E-state index < -0.39 is 18.6 Å². The van der Waals surface area contributed by atoms with Gasteiger partial charge >= 0.3 is 6.18 Å². The number of ether oxygens (including phenoxy) is 1. The molecule has 0 saturated heterocycles. The van der Waals surface area contributed by atoms with Crippen LogP contribution in [0.5, 0.6) is 5.75 Å². The number of halogens is 4. The zero-order valence-corrected chi connectivity index (χ0v) is 16.8. The number of anilines is 1.